The molecule has 0 saturated heterocycles. The van der Waals surface area contributed by atoms with Crippen LogP contribution in [0, 0.1) is 0 Å². The Balaban J connectivity index is 2.22. The van der Waals surface area contributed by atoms with Gasteiger partial charge < -0.3 is 5.32 Å². The fourth-order valence-corrected chi connectivity index (χ4v) is 1.85. The van der Waals surface area contributed by atoms with Gasteiger partial charge in [0.05, 0.1) is 5.38 Å². The molecule has 0 bridgehead atoms. The molecule has 1 aromatic heterocycles. The number of anilines is 1. The van der Waals surface area contributed by atoms with Gasteiger partial charge in [0.15, 0.2) is 0 Å². The van der Waals surface area contributed by atoms with Crippen LogP contribution >= 0.6 is 11.6 Å². The van der Waals surface area contributed by atoms with E-state index in [2.05, 4.69) is 10.3 Å². The minimum Gasteiger partial charge on any atom is -0.322 e. The molecule has 1 heterocycles. The zero-order valence-electron chi connectivity index (χ0n) is 9.93. The Morgan fingerprint density at radius 1 is 1.22 bits per heavy atom. The average Bonchev–Trinajstić information content (AvgIpc) is 2.40. The Bertz CT molecular complexity index is 541. The smallest absolute Gasteiger partial charge is 0.255 e. The van der Waals surface area contributed by atoms with Crippen molar-refractivity contribution in [2.24, 2.45) is 0 Å². The van der Waals surface area contributed by atoms with Crippen molar-refractivity contribution in [3.05, 3.63) is 59.9 Å². The first-order valence-corrected chi connectivity index (χ1v) is 6.06. The Morgan fingerprint density at radius 2 is 1.89 bits per heavy atom. The summed E-state index contributed by atoms with van der Waals surface area (Å²) in [5.74, 6) is -0.165. The molecule has 1 N–H and O–H groups in total. The second-order valence-electron chi connectivity index (χ2n) is 3.89. The number of pyridine rings is 1. The molecule has 0 aliphatic rings. The SMILES string of the molecule is CC(Cl)c1ccccc1NC(=O)c1ccncc1. The van der Waals surface area contributed by atoms with Crippen molar-refractivity contribution in [2.45, 2.75) is 12.3 Å². The minimum atomic E-state index is -0.165. The highest BCUT2D eigenvalue weighted by molar-refractivity contribution is 6.21. The van der Waals surface area contributed by atoms with E-state index in [9.17, 15) is 4.79 Å². The van der Waals surface area contributed by atoms with Gasteiger partial charge in [-0.2, -0.15) is 0 Å². The Hall–Kier alpha value is -1.87. The van der Waals surface area contributed by atoms with E-state index < -0.39 is 0 Å². The molecule has 2 rings (SSSR count). The summed E-state index contributed by atoms with van der Waals surface area (Å²) >= 11 is 6.08. The van der Waals surface area contributed by atoms with Gasteiger partial charge in [-0.3, -0.25) is 9.78 Å². The Morgan fingerprint density at radius 3 is 2.56 bits per heavy atom. The zero-order valence-corrected chi connectivity index (χ0v) is 10.7. The number of carbonyl (C=O) groups is 1. The zero-order chi connectivity index (χ0) is 13.0. The lowest BCUT2D eigenvalue weighted by Gasteiger charge is -2.12. The van der Waals surface area contributed by atoms with Crippen LogP contribution in [0.4, 0.5) is 5.69 Å². The summed E-state index contributed by atoms with van der Waals surface area (Å²) in [7, 11) is 0. The van der Waals surface area contributed by atoms with E-state index in [1.807, 2.05) is 31.2 Å². The van der Waals surface area contributed by atoms with E-state index >= 15 is 0 Å². The number of hydrogen-bond acceptors (Lipinski definition) is 2. The molecule has 4 heteroatoms. The quantitative estimate of drug-likeness (QED) is 0.856. The van der Waals surface area contributed by atoms with Gasteiger partial charge in [-0.25, -0.2) is 0 Å². The molecule has 0 aliphatic carbocycles. The van der Waals surface area contributed by atoms with Crippen LogP contribution < -0.4 is 5.32 Å². The van der Waals surface area contributed by atoms with Crippen molar-refractivity contribution in [3.8, 4) is 0 Å². The summed E-state index contributed by atoms with van der Waals surface area (Å²) in [5.41, 5.74) is 2.21. The summed E-state index contributed by atoms with van der Waals surface area (Å²) in [5, 5.41) is 2.70. The van der Waals surface area contributed by atoms with E-state index in [4.69, 9.17) is 11.6 Å². The minimum absolute atomic E-state index is 0.154. The number of halogens is 1. The van der Waals surface area contributed by atoms with Crippen LogP contribution in [0.5, 0.6) is 0 Å². The maximum absolute atomic E-state index is 12.0. The fourth-order valence-electron chi connectivity index (χ4n) is 1.66. The van der Waals surface area contributed by atoms with Crippen LogP contribution in [-0.4, -0.2) is 10.9 Å². The van der Waals surface area contributed by atoms with Gasteiger partial charge in [0.1, 0.15) is 0 Å². The third-order valence-corrected chi connectivity index (χ3v) is 2.82. The number of hydrogen-bond donors (Lipinski definition) is 1. The van der Waals surface area contributed by atoms with E-state index in [0.29, 0.717) is 5.56 Å². The number of amides is 1. The largest absolute Gasteiger partial charge is 0.322 e. The van der Waals surface area contributed by atoms with Gasteiger partial charge in [-0.05, 0) is 30.7 Å². The number of para-hydroxylation sites is 1. The molecule has 1 amide bonds. The number of benzene rings is 1. The van der Waals surface area contributed by atoms with Crippen LogP contribution in [0.15, 0.2) is 48.8 Å². The van der Waals surface area contributed by atoms with Gasteiger partial charge in [0, 0.05) is 23.6 Å². The summed E-state index contributed by atoms with van der Waals surface area (Å²) in [6.45, 7) is 1.87. The van der Waals surface area contributed by atoms with Crippen molar-refractivity contribution < 1.29 is 4.79 Å². The fraction of sp³-hybridized carbons (Fsp3) is 0.143. The molecule has 3 nitrogen and oxygen atoms in total. The number of alkyl halides is 1. The highest BCUT2D eigenvalue weighted by atomic mass is 35.5. The van der Waals surface area contributed by atoms with Crippen molar-refractivity contribution in [3.63, 3.8) is 0 Å². The molecule has 0 fully saturated rings. The van der Waals surface area contributed by atoms with Crippen molar-refractivity contribution in [2.75, 3.05) is 5.32 Å². The third kappa shape index (κ3) is 2.87. The summed E-state index contributed by atoms with van der Waals surface area (Å²) in [6.07, 6.45) is 3.18. The first-order chi connectivity index (χ1) is 8.68. The van der Waals surface area contributed by atoms with Gasteiger partial charge in [-0.15, -0.1) is 11.6 Å². The molecule has 92 valence electrons. The van der Waals surface area contributed by atoms with E-state index in [0.717, 1.165) is 11.3 Å². The maximum atomic E-state index is 12.0. The molecule has 1 atom stereocenters. The first-order valence-electron chi connectivity index (χ1n) is 5.63. The molecular weight excluding hydrogens is 248 g/mol. The third-order valence-electron chi connectivity index (χ3n) is 2.58. The second-order valence-corrected chi connectivity index (χ2v) is 4.55. The number of rotatable bonds is 3. The molecule has 1 aromatic carbocycles. The van der Waals surface area contributed by atoms with Crippen molar-refractivity contribution in [1.82, 2.24) is 4.98 Å². The lowest BCUT2D eigenvalue weighted by molar-refractivity contribution is 0.102. The number of carbonyl (C=O) groups excluding carboxylic acids is 1. The van der Waals surface area contributed by atoms with Gasteiger partial charge in [0.2, 0.25) is 0 Å². The van der Waals surface area contributed by atoms with E-state index in [1.165, 1.54) is 0 Å². The van der Waals surface area contributed by atoms with Crippen molar-refractivity contribution in [1.29, 1.82) is 0 Å². The Kier molecular flexibility index (Phi) is 3.95. The second kappa shape index (κ2) is 5.65. The van der Waals surface area contributed by atoms with Crippen LogP contribution in [0.1, 0.15) is 28.2 Å². The predicted molar refractivity (Wildman–Crippen MR) is 72.9 cm³/mol. The lowest BCUT2D eigenvalue weighted by atomic mass is 10.1. The van der Waals surface area contributed by atoms with E-state index in [-0.39, 0.29) is 11.3 Å². The van der Waals surface area contributed by atoms with E-state index in [1.54, 1.807) is 24.5 Å². The summed E-state index contributed by atoms with van der Waals surface area (Å²) < 4.78 is 0. The van der Waals surface area contributed by atoms with Crippen LogP contribution in [0.2, 0.25) is 0 Å². The lowest BCUT2D eigenvalue weighted by Crippen LogP contribution is -2.13. The number of aromatic nitrogens is 1. The highest BCUT2D eigenvalue weighted by Gasteiger charge is 2.11. The standard InChI is InChI=1S/C14H13ClN2O/c1-10(15)12-4-2-3-5-13(12)17-14(18)11-6-8-16-9-7-11/h2-10H,1H3,(H,17,18). The van der Waals surface area contributed by atoms with Crippen LogP contribution in [0.25, 0.3) is 0 Å². The molecule has 0 aliphatic heterocycles. The first kappa shape index (κ1) is 12.6. The number of nitrogens with one attached hydrogen (secondary N) is 1. The average molecular weight is 261 g/mol. The summed E-state index contributed by atoms with van der Waals surface area (Å²) in [6, 6.07) is 10.8. The molecule has 18 heavy (non-hydrogen) atoms. The van der Waals surface area contributed by atoms with Gasteiger partial charge in [0.25, 0.3) is 5.91 Å². The summed E-state index contributed by atoms with van der Waals surface area (Å²) in [4.78, 5) is 15.9. The molecule has 1 unspecified atom stereocenters. The highest BCUT2D eigenvalue weighted by Crippen LogP contribution is 2.27. The molecule has 0 spiro atoms. The van der Waals surface area contributed by atoms with Crippen LogP contribution in [0.3, 0.4) is 0 Å². The monoisotopic (exact) mass is 260 g/mol. The predicted octanol–water partition coefficient (Wildman–Crippen LogP) is 3.63. The van der Waals surface area contributed by atoms with Gasteiger partial charge in [-0.1, -0.05) is 18.2 Å². The number of nitrogens with zero attached hydrogens (tertiary/aromatic N) is 1. The van der Waals surface area contributed by atoms with Gasteiger partial charge >= 0.3 is 0 Å². The van der Waals surface area contributed by atoms with Crippen LogP contribution in [-0.2, 0) is 0 Å². The van der Waals surface area contributed by atoms with Crippen molar-refractivity contribution >= 4 is 23.2 Å². The Labute approximate surface area is 111 Å². The molecule has 2 aromatic rings. The molecule has 0 radical (unpaired) electrons. The molecular formula is C14H13ClN2O. The maximum Gasteiger partial charge on any atom is 0.255 e. The topological polar surface area (TPSA) is 42.0 Å². The normalized spacial score (nSPS) is 11.9. The molecule has 0 saturated carbocycles.